The van der Waals surface area contributed by atoms with Crippen LogP contribution in [-0.2, 0) is 26.7 Å². The Morgan fingerprint density at radius 3 is 2.50 bits per heavy atom. The van der Waals surface area contributed by atoms with E-state index in [4.69, 9.17) is 16.3 Å². The normalized spacial score (nSPS) is 20.9. The van der Waals surface area contributed by atoms with Gasteiger partial charge in [0.25, 0.3) is 5.91 Å². The van der Waals surface area contributed by atoms with Crippen LogP contribution in [0.2, 0.25) is 5.15 Å². The van der Waals surface area contributed by atoms with Crippen LogP contribution in [0.15, 0.2) is 23.1 Å². The second-order valence-corrected chi connectivity index (χ2v) is 11.3. The number of halogens is 6. The number of carbonyl (C=O) groups excluding carboxylic acids is 3. The zero-order chi connectivity index (χ0) is 29.8. The maximum Gasteiger partial charge on any atom is 0.408 e. The summed E-state index contributed by atoms with van der Waals surface area (Å²) in [5.41, 5.74) is -2.05. The fourth-order valence-corrected chi connectivity index (χ4v) is 6.43. The molecule has 0 bridgehead atoms. The number of amides is 3. The number of benzene rings is 1. The third kappa shape index (κ3) is 5.44. The van der Waals surface area contributed by atoms with Crippen molar-refractivity contribution < 1.29 is 49.5 Å². The predicted octanol–water partition coefficient (Wildman–Crippen LogP) is 1.92. The second-order valence-electron chi connectivity index (χ2n) is 9.33. The Morgan fingerprint density at radius 2 is 1.88 bits per heavy atom. The van der Waals surface area contributed by atoms with Crippen LogP contribution < -0.4 is 20.1 Å². The van der Waals surface area contributed by atoms with E-state index >= 15 is 0 Å². The van der Waals surface area contributed by atoms with Crippen molar-refractivity contribution in [2.75, 3.05) is 25.0 Å². The minimum Gasteiger partial charge on any atom is -0.488 e. The summed E-state index contributed by atoms with van der Waals surface area (Å²) in [6, 6.07) is 0.257. The monoisotopic (exact) mass is 613 g/mol. The average Bonchev–Trinajstić information content (AvgIpc) is 3.33. The predicted molar refractivity (Wildman–Crippen MR) is 128 cm³/mol. The van der Waals surface area contributed by atoms with E-state index in [0.717, 1.165) is 21.6 Å². The summed E-state index contributed by atoms with van der Waals surface area (Å²) < 4.78 is 101. The summed E-state index contributed by atoms with van der Waals surface area (Å²) in [5, 5.41) is 3.43. The molecule has 1 aromatic heterocycles. The minimum absolute atomic E-state index is 0.0928. The zero-order valence-electron chi connectivity index (χ0n) is 20.7. The molecule has 0 aliphatic carbocycles. The van der Waals surface area contributed by atoms with Gasteiger partial charge < -0.3 is 24.8 Å². The number of anilines is 1. The van der Waals surface area contributed by atoms with Crippen molar-refractivity contribution in [3.8, 4) is 5.75 Å². The van der Waals surface area contributed by atoms with Gasteiger partial charge in [0, 0.05) is 31.9 Å². The van der Waals surface area contributed by atoms with Gasteiger partial charge in [0.15, 0.2) is 28.0 Å². The molecule has 2 aliphatic rings. The molecule has 40 heavy (non-hydrogen) atoms. The summed E-state index contributed by atoms with van der Waals surface area (Å²) in [6.45, 7) is -0.447. The van der Waals surface area contributed by atoms with Crippen LogP contribution in [0.5, 0.6) is 5.75 Å². The van der Waals surface area contributed by atoms with Gasteiger partial charge in [-0.2, -0.15) is 17.9 Å². The molecule has 2 aromatic rings. The number of fused-ring (bicyclic) bond motifs is 1. The molecule has 0 radical (unpaired) electrons. The maximum atomic E-state index is 13.6. The molecule has 4 rings (SSSR count). The SMILES string of the molecule is CC(NC(=O)C(=O)N1CCC2(COc3c(c(Cl)n(C)c3C(=O)Nc3ccc(F)c(F)c3)S(=O)(=O)N2)C1)C(F)(F)F. The van der Waals surface area contributed by atoms with E-state index in [1.54, 1.807) is 5.32 Å². The van der Waals surface area contributed by atoms with Crippen molar-refractivity contribution in [3.63, 3.8) is 0 Å². The van der Waals surface area contributed by atoms with Crippen LogP contribution >= 0.6 is 11.6 Å². The molecule has 2 aliphatic heterocycles. The largest absolute Gasteiger partial charge is 0.488 e. The quantitative estimate of drug-likeness (QED) is 0.357. The van der Waals surface area contributed by atoms with Gasteiger partial charge in [-0.25, -0.2) is 17.2 Å². The van der Waals surface area contributed by atoms with E-state index in [9.17, 15) is 44.8 Å². The van der Waals surface area contributed by atoms with Gasteiger partial charge in [0.2, 0.25) is 10.0 Å². The highest BCUT2D eigenvalue weighted by Gasteiger charge is 2.50. The Morgan fingerprint density at radius 1 is 1.20 bits per heavy atom. The Hall–Kier alpha value is -3.44. The number of hydrogen-bond acceptors (Lipinski definition) is 6. The van der Waals surface area contributed by atoms with Crippen LogP contribution in [0.1, 0.15) is 23.8 Å². The number of hydrogen-bond donors (Lipinski definition) is 3. The minimum atomic E-state index is -4.78. The molecule has 2 unspecified atom stereocenters. The van der Waals surface area contributed by atoms with E-state index in [0.29, 0.717) is 13.0 Å². The number of likely N-dealkylation sites (tertiary alicyclic amines) is 1. The molecular weight excluding hydrogens is 593 g/mol. The molecule has 11 nitrogen and oxygen atoms in total. The molecule has 1 saturated heterocycles. The van der Waals surface area contributed by atoms with E-state index < -0.39 is 86.1 Å². The molecule has 1 fully saturated rings. The third-order valence-corrected chi connectivity index (χ3v) is 8.59. The van der Waals surface area contributed by atoms with Crippen LogP contribution in [0.25, 0.3) is 0 Å². The standard InChI is InChI=1S/C22H21ClF5N5O6S/c1-10(22(26,27)28)29-19(35)20(36)33-6-5-21(8-33)9-39-15-14(32(2)17(23)16(15)40(37,38)31-21)18(34)30-11-3-4-12(24)13(25)7-11/h3-4,7,10,31H,5-6,8-9H2,1-2H3,(H,29,35)(H,30,34). The maximum absolute atomic E-state index is 13.6. The van der Waals surface area contributed by atoms with Crippen molar-refractivity contribution in [2.45, 2.75) is 36.0 Å². The second kappa shape index (κ2) is 10.2. The summed E-state index contributed by atoms with van der Waals surface area (Å²) in [7, 11) is -3.27. The lowest BCUT2D eigenvalue weighted by Crippen LogP contribution is -2.55. The van der Waals surface area contributed by atoms with Gasteiger partial charge in [0.05, 0.1) is 5.54 Å². The Labute approximate surface area is 228 Å². The lowest BCUT2D eigenvalue weighted by molar-refractivity contribution is -0.162. The van der Waals surface area contributed by atoms with Crippen molar-refractivity contribution >= 4 is 45.0 Å². The molecule has 18 heteroatoms. The Kier molecular flexibility index (Phi) is 7.53. The molecule has 1 aromatic carbocycles. The zero-order valence-corrected chi connectivity index (χ0v) is 22.2. The molecule has 3 N–H and O–H groups in total. The first-order chi connectivity index (χ1) is 18.5. The highest BCUT2D eigenvalue weighted by atomic mass is 35.5. The van der Waals surface area contributed by atoms with Crippen LogP contribution in [0, 0.1) is 11.6 Å². The van der Waals surface area contributed by atoms with Gasteiger partial charge in [0.1, 0.15) is 17.8 Å². The summed E-state index contributed by atoms with van der Waals surface area (Å²) in [5.74, 6) is -6.66. The lowest BCUT2D eigenvalue weighted by Gasteiger charge is -2.27. The number of ether oxygens (including phenoxy) is 1. The van der Waals surface area contributed by atoms with Crippen LogP contribution in [0.3, 0.4) is 0 Å². The van der Waals surface area contributed by atoms with Crippen molar-refractivity contribution in [1.82, 2.24) is 19.5 Å². The number of nitrogens with zero attached hydrogens (tertiary/aromatic N) is 2. The first kappa shape index (κ1) is 29.5. The highest BCUT2D eigenvalue weighted by molar-refractivity contribution is 7.89. The van der Waals surface area contributed by atoms with E-state index in [1.165, 1.54) is 7.05 Å². The van der Waals surface area contributed by atoms with Gasteiger partial charge in [-0.1, -0.05) is 11.6 Å². The van der Waals surface area contributed by atoms with Crippen molar-refractivity contribution in [3.05, 3.63) is 40.7 Å². The number of carbonyl (C=O) groups is 3. The Bertz CT molecular complexity index is 1510. The van der Waals surface area contributed by atoms with Crippen LogP contribution in [0.4, 0.5) is 27.6 Å². The highest BCUT2D eigenvalue weighted by Crippen LogP contribution is 2.41. The van der Waals surface area contributed by atoms with E-state index in [2.05, 4.69) is 10.0 Å². The third-order valence-electron chi connectivity index (χ3n) is 6.42. The summed E-state index contributed by atoms with van der Waals surface area (Å²) in [6.07, 6.45) is -4.88. The molecule has 218 valence electrons. The first-order valence-corrected chi connectivity index (χ1v) is 13.3. The van der Waals surface area contributed by atoms with Crippen molar-refractivity contribution in [2.24, 2.45) is 7.05 Å². The molecule has 2 atom stereocenters. The van der Waals surface area contributed by atoms with Gasteiger partial charge in [-0.3, -0.25) is 14.4 Å². The number of nitrogens with one attached hydrogen (secondary N) is 3. The van der Waals surface area contributed by atoms with Crippen molar-refractivity contribution in [1.29, 1.82) is 0 Å². The summed E-state index contributed by atoms with van der Waals surface area (Å²) >= 11 is 6.25. The van der Waals surface area contributed by atoms with Gasteiger partial charge in [-0.15, -0.1) is 0 Å². The van der Waals surface area contributed by atoms with Crippen LogP contribution in [-0.4, -0.2) is 73.1 Å². The number of aromatic nitrogens is 1. The van der Waals surface area contributed by atoms with E-state index in [1.807, 2.05) is 0 Å². The Balaban J connectivity index is 1.58. The summed E-state index contributed by atoms with van der Waals surface area (Å²) in [4.78, 5) is 37.9. The lowest BCUT2D eigenvalue weighted by atomic mass is 10.0. The fraction of sp³-hybridized carbons (Fsp3) is 0.409. The van der Waals surface area contributed by atoms with Gasteiger partial charge in [-0.05, 0) is 25.5 Å². The topological polar surface area (TPSA) is 139 Å². The molecule has 0 saturated carbocycles. The molecule has 3 heterocycles. The molecule has 1 spiro atoms. The molecule has 3 amide bonds. The average molecular weight is 614 g/mol. The fourth-order valence-electron chi connectivity index (χ4n) is 4.30. The molecular formula is C22H21ClF5N5O6S. The van der Waals surface area contributed by atoms with E-state index in [-0.39, 0.29) is 24.3 Å². The first-order valence-electron chi connectivity index (χ1n) is 11.4. The van der Waals surface area contributed by atoms with Gasteiger partial charge >= 0.3 is 18.0 Å². The number of sulfonamides is 1. The smallest absolute Gasteiger partial charge is 0.408 e. The number of rotatable bonds is 3. The number of alkyl halides is 3.